The summed E-state index contributed by atoms with van der Waals surface area (Å²) in [6.45, 7) is 8.43. The van der Waals surface area contributed by atoms with Crippen LogP contribution in [0.1, 0.15) is 25.0 Å². The molecule has 2 unspecified atom stereocenters. The molecule has 0 radical (unpaired) electrons. The second-order valence-corrected chi connectivity index (χ2v) is 7.52. The van der Waals surface area contributed by atoms with Crippen LogP contribution in [0.15, 0.2) is 53.4 Å². The summed E-state index contributed by atoms with van der Waals surface area (Å²) in [5.41, 5.74) is 2.42. The largest absolute Gasteiger partial charge is 0.491 e. The first-order valence-corrected chi connectivity index (χ1v) is 9.05. The van der Waals surface area contributed by atoms with E-state index in [1.165, 1.54) is 11.1 Å². The lowest BCUT2D eigenvalue weighted by molar-refractivity contribution is -0.121. The van der Waals surface area contributed by atoms with Gasteiger partial charge in [-0.25, -0.2) is 0 Å². The number of benzene rings is 2. The minimum Gasteiger partial charge on any atom is -0.491 e. The van der Waals surface area contributed by atoms with E-state index in [9.17, 15) is 4.79 Å². The van der Waals surface area contributed by atoms with Gasteiger partial charge in [0.15, 0.2) is 0 Å². The molecular weight excluding hydrogens is 318 g/mol. The van der Waals surface area contributed by atoms with E-state index in [-0.39, 0.29) is 17.2 Å². The molecule has 1 N–H and O–H groups in total. The first kappa shape index (κ1) is 18.4. The number of aryl methyl sites for hydroxylation is 2. The number of rotatable bonds is 7. The minimum atomic E-state index is -0.144. The van der Waals surface area contributed by atoms with Crippen molar-refractivity contribution in [1.82, 2.24) is 5.32 Å². The minimum absolute atomic E-state index is 0.0283. The third-order valence-electron chi connectivity index (χ3n) is 3.61. The number of thioether (sulfide) groups is 1. The molecule has 0 heterocycles. The zero-order valence-corrected chi connectivity index (χ0v) is 15.5. The summed E-state index contributed by atoms with van der Waals surface area (Å²) in [4.78, 5) is 13.4. The maximum atomic E-state index is 12.3. The Balaban J connectivity index is 1.77. The predicted octanol–water partition coefficient (Wildman–Crippen LogP) is 4.37. The molecule has 2 rings (SSSR count). The number of carbonyl (C=O) groups excluding carboxylic acids is 1. The Morgan fingerprint density at radius 1 is 1.00 bits per heavy atom. The highest BCUT2D eigenvalue weighted by molar-refractivity contribution is 8.00. The van der Waals surface area contributed by atoms with Crippen LogP contribution >= 0.6 is 11.8 Å². The van der Waals surface area contributed by atoms with Crippen molar-refractivity contribution in [3.05, 3.63) is 59.7 Å². The summed E-state index contributed by atoms with van der Waals surface area (Å²) in [5, 5.41) is 2.86. The fourth-order valence-corrected chi connectivity index (χ4v) is 3.01. The molecule has 2 aromatic rings. The standard InChI is InChI=1S/C20H25NO2S/c1-14-5-9-18(10-6-14)23-13-16(3)21-20(22)17(4)24-19-11-7-15(2)8-12-19/h5-12,16-17H,13H2,1-4H3,(H,21,22). The van der Waals surface area contributed by atoms with Crippen molar-refractivity contribution in [2.75, 3.05) is 6.61 Å². The fraction of sp³-hybridized carbons (Fsp3) is 0.350. The van der Waals surface area contributed by atoms with E-state index in [1.807, 2.05) is 57.2 Å². The Bertz CT molecular complexity index is 652. The van der Waals surface area contributed by atoms with Gasteiger partial charge in [-0.05, 0) is 52.0 Å². The van der Waals surface area contributed by atoms with E-state index in [0.717, 1.165) is 10.6 Å². The molecule has 0 aliphatic rings. The molecular formula is C20H25NO2S. The van der Waals surface area contributed by atoms with Gasteiger partial charge in [0.05, 0.1) is 11.3 Å². The first-order chi connectivity index (χ1) is 11.4. The van der Waals surface area contributed by atoms with Crippen molar-refractivity contribution >= 4 is 17.7 Å². The number of ether oxygens (including phenoxy) is 1. The van der Waals surface area contributed by atoms with Crippen LogP contribution in [-0.2, 0) is 4.79 Å². The van der Waals surface area contributed by atoms with Crippen molar-refractivity contribution in [2.45, 2.75) is 43.9 Å². The summed E-state index contributed by atoms with van der Waals surface area (Å²) in [5.74, 6) is 0.851. The van der Waals surface area contributed by atoms with Crippen LogP contribution in [0.2, 0.25) is 0 Å². The summed E-state index contributed by atoms with van der Waals surface area (Å²) < 4.78 is 5.71. The lowest BCUT2D eigenvalue weighted by Gasteiger charge is -2.18. The summed E-state index contributed by atoms with van der Waals surface area (Å²) in [6.07, 6.45) is 0. The number of carbonyl (C=O) groups is 1. The van der Waals surface area contributed by atoms with Crippen LogP contribution in [0.25, 0.3) is 0 Å². The molecule has 0 aromatic heterocycles. The van der Waals surface area contributed by atoms with Crippen molar-refractivity contribution < 1.29 is 9.53 Å². The van der Waals surface area contributed by atoms with E-state index < -0.39 is 0 Å². The van der Waals surface area contributed by atoms with Crippen molar-refractivity contribution in [1.29, 1.82) is 0 Å². The molecule has 0 spiro atoms. The van der Waals surface area contributed by atoms with E-state index in [4.69, 9.17) is 4.74 Å². The van der Waals surface area contributed by atoms with Gasteiger partial charge in [0.1, 0.15) is 12.4 Å². The van der Waals surface area contributed by atoms with Crippen LogP contribution in [-0.4, -0.2) is 23.8 Å². The first-order valence-electron chi connectivity index (χ1n) is 8.17. The second-order valence-electron chi connectivity index (χ2n) is 6.11. The van der Waals surface area contributed by atoms with Gasteiger partial charge in [0.2, 0.25) is 5.91 Å². The maximum absolute atomic E-state index is 12.3. The highest BCUT2D eigenvalue weighted by atomic mass is 32.2. The number of amides is 1. The molecule has 2 atom stereocenters. The number of hydrogen-bond donors (Lipinski definition) is 1. The molecule has 1 amide bonds. The summed E-state index contributed by atoms with van der Waals surface area (Å²) >= 11 is 1.57. The Morgan fingerprint density at radius 2 is 1.54 bits per heavy atom. The molecule has 0 saturated heterocycles. The van der Waals surface area contributed by atoms with Gasteiger partial charge in [-0.3, -0.25) is 4.79 Å². The second kappa shape index (κ2) is 8.78. The van der Waals surface area contributed by atoms with Gasteiger partial charge in [-0.2, -0.15) is 0 Å². The summed E-state index contributed by atoms with van der Waals surface area (Å²) in [7, 11) is 0. The third kappa shape index (κ3) is 5.93. The quantitative estimate of drug-likeness (QED) is 0.759. The van der Waals surface area contributed by atoms with Crippen LogP contribution in [0.5, 0.6) is 5.75 Å². The molecule has 0 fully saturated rings. The Kier molecular flexibility index (Phi) is 6.73. The smallest absolute Gasteiger partial charge is 0.233 e. The monoisotopic (exact) mass is 343 g/mol. The summed E-state index contributed by atoms with van der Waals surface area (Å²) in [6, 6.07) is 16.1. The highest BCUT2D eigenvalue weighted by Crippen LogP contribution is 2.23. The topological polar surface area (TPSA) is 38.3 Å². The predicted molar refractivity (Wildman–Crippen MR) is 101 cm³/mol. The van der Waals surface area contributed by atoms with Crippen molar-refractivity contribution in [3.63, 3.8) is 0 Å². The van der Waals surface area contributed by atoms with E-state index in [1.54, 1.807) is 11.8 Å². The lowest BCUT2D eigenvalue weighted by atomic mass is 10.2. The molecule has 0 aliphatic carbocycles. The van der Waals surface area contributed by atoms with Gasteiger partial charge in [-0.15, -0.1) is 11.8 Å². The van der Waals surface area contributed by atoms with E-state index in [2.05, 4.69) is 24.4 Å². The Morgan fingerprint density at radius 3 is 2.12 bits per heavy atom. The number of hydrogen-bond acceptors (Lipinski definition) is 3. The van der Waals surface area contributed by atoms with Crippen LogP contribution < -0.4 is 10.1 Å². The third-order valence-corrected chi connectivity index (χ3v) is 4.72. The van der Waals surface area contributed by atoms with E-state index >= 15 is 0 Å². The molecule has 0 saturated carbocycles. The molecule has 4 heteroatoms. The Labute approximate surface area is 148 Å². The van der Waals surface area contributed by atoms with Gasteiger partial charge in [-0.1, -0.05) is 35.4 Å². The molecule has 2 aromatic carbocycles. The highest BCUT2D eigenvalue weighted by Gasteiger charge is 2.16. The molecule has 128 valence electrons. The van der Waals surface area contributed by atoms with Crippen molar-refractivity contribution in [3.8, 4) is 5.75 Å². The van der Waals surface area contributed by atoms with Gasteiger partial charge in [0, 0.05) is 4.90 Å². The molecule has 24 heavy (non-hydrogen) atoms. The zero-order valence-electron chi connectivity index (χ0n) is 14.7. The van der Waals surface area contributed by atoms with Gasteiger partial charge in [0.25, 0.3) is 0 Å². The average molecular weight is 343 g/mol. The molecule has 3 nitrogen and oxygen atoms in total. The van der Waals surface area contributed by atoms with Gasteiger partial charge < -0.3 is 10.1 Å². The number of nitrogens with one attached hydrogen (secondary N) is 1. The van der Waals surface area contributed by atoms with E-state index in [0.29, 0.717) is 6.61 Å². The Hall–Kier alpha value is -1.94. The van der Waals surface area contributed by atoms with Crippen molar-refractivity contribution in [2.24, 2.45) is 0 Å². The average Bonchev–Trinajstić information content (AvgIpc) is 2.56. The van der Waals surface area contributed by atoms with Crippen LogP contribution in [0, 0.1) is 13.8 Å². The molecule has 0 bridgehead atoms. The normalized spacial score (nSPS) is 13.2. The van der Waals surface area contributed by atoms with Crippen LogP contribution in [0.4, 0.5) is 0 Å². The van der Waals surface area contributed by atoms with Gasteiger partial charge >= 0.3 is 0 Å². The zero-order chi connectivity index (χ0) is 17.5. The fourth-order valence-electron chi connectivity index (χ4n) is 2.13. The molecule has 0 aliphatic heterocycles. The van der Waals surface area contributed by atoms with Crippen LogP contribution in [0.3, 0.4) is 0 Å². The maximum Gasteiger partial charge on any atom is 0.233 e. The SMILES string of the molecule is Cc1ccc(OCC(C)NC(=O)C(C)Sc2ccc(C)cc2)cc1. The lowest BCUT2D eigenvalue weighted by Crippen LogP contribution is -2.40.